The summed E-state index contributed by atoms with van der Waals surface area (Å²) in [5.74, 6) is -0.0132. The van der Waals surface area contributed by atoms with Gasteiger partial charge in [-0.3, -0.25) is 14.3 Å². The third-order valence-corrected chi connectivity index (χ3v) is 5.61. The summed E-state index contributed by atoms with van der Waals surface area (Å²) in [4.78, 5) is 32.2. The molecular weight excluding hydrogens is 417 g/mol. The molecule has 170 valence electrons. The van der Waals surface area contributed by atoms with E-state index < -0.39 is 0 Å². The Labute approximate surface area is 184 Å². The summed E-state index contributed by atoms with van der Waals surface area (Å²) >= 11 is 0. The number of anilines is 1. The van der Waals surface area contributed by atoms with Gasteiger partial charge in [-0.2, -0.15) is 10.2 Å². The number of carbonyl (C=O) groups is 1. The van der Waals surface area contributed by atoms with Crippen LogP contribution in [0.15, 0.2) is 29.3 Å². The maximum atomic E-state index is 13.9. The lowest BCUT2D eigenvalue weighted by Crippen LogP contribution is -2.49. The SMILES string of the molecule is Cc1nn(C(C)COCCC(=O)N2CCN(c3ncccc3F)CC2)c2cn[nH]c(=O)c12. The topological polar surface area (TPSA) is 109 Å². The van der Waals surface area contributed by atoms with Gasteiger partial charge in [0.2, 0.25) is 5.91 Å². The molecule has 1 aliphatic heterocycles. The molecule has 0 bridgehead atoms. The monoisotopic (exact) mass is 443 g/mol. The minimum Gasteiger partial charge on any atom is -0.379 e. The first kappa shape index (κ1) is 21.9. The van der Waals surface area contributed by atoms with Gasteiger partial charge in [0.1, 0.15) is 0 Å². The molecule has 10 nitrogen and oxygen atoms in total. The molecule has 1 amide bonds. The Balaban J connectivity index is 1.23. The normalized spacial score (nSPS) is 15.3. The Bertz CT molecular complexity index is 1150. The first-order chi connectivity index (χ1) is 15.5. The lowest BCUT2D eigenvalue weighted by atomic mass is 10.2. The predicted octanol–water partition coefficient (Wildman–Crippen LogP) is 1.28. The molecular formula is C21H26FN7O3. The lowest BCUT2D eigenvalue weighted by Gasteiger charge is -2.35. The van der Waals surface area contributed by atoms with Gasteiger partial charge in [-0.25, -0.2) is 14.5 Å². The number of nitrogens with zero attached hydrogens (tertiary/aromatic N) is 6. The van der Waals surface area contributed by atoms with E-state index >= 15 is 0 Å². The van der Waals surface area contributed by atoms with Gasteiger partial charge in [-0.1, -0.05) is 0 Å². The van der Waals surface area contributed by atoms with Crippen LogP contribution in [0.4, 0.5) is 10.2 Å². The van der Waals surface area contributed by atoms with Crippen molar-refractivity contribution in [1.29, 1.82) is 0 Å². The van der Waals surface area contributed by atoms with Crippen molar-refractivity contribution in [2.24, 2.45) is 0 Å². The molecule has 3 aromatic rings. The van der Waals surface area contributed by atoms with E-state index in [1.54, 1.807) is 35.0 Å². The number of aryl methyl sites for hydroxylation is 1. The zero-order valence-corrected chi connectivity index (χ0v) is 18.1. The molecule has 32 heavy (non-hydrogen) atoms. The Kier molecular flexibility index (Phi) is 6.45. The molecule has 1 unspecified atom stereocenters. The average Bonchev–Trinajstić information content (AvgIpc) is 3.15. The van der Waals surface area contributed by atoms with Crippen molar-refractivity contribution < 1.29 is 13.9 Å². The second-order valence-electron chi connectivity index (χ2n) is 7.84. The summed E-state index contributed by atoms with van der Waals surface area (Å²) in [5.41, 5.74) is 1.02. The fourth-order valence-corrected chi connectivity index (χ4v) is 3.93. The molecule has 3 aromatic heterocycles. The quantitative estimate of drug-likeness (QED) is 0.548. The van der Waals surface area contributed by atoms with Crippen LogP contribution in [0.5, 0.6) is 0 Å². The van der Waals surface area contributed by atoms with E-state index in [4.69, 9.17) is 4.74 Å². The third-order valence-electron chi connectivity index (χ3n) is 5.61. The molecule has 11 heteroatoms. The van der Waals surface area contributed by atoms with E-state index in [9.17, 15) is 14.0 Å². The molecule has 1 saturated heterocycles. The van der Waals surface area contributed by atoms with E-state index in [0.29, 0.717) is 55.2 Å². The van der Waals surface area contributed by atoms with Gasteiger partial charge in [0.25, 0.3) is 5.56 Å². The van der Waals surface area contributed by atoms with Gasteiger partial charge in [0.05, 0.1) is 48.5 Å². The van der Waals surface area contributed by atoms with Crippen LogP contribution in [-0.2, 0) is 9.53 Å². The number of hydrogen-bond donors (Lipinski definition) is 1. The van der Waals surface area contributed by atoms with E-state index in [0.717, 1.165) is 0 Å². The predicted molar refractivity (Wildman–Crippen MR) is 116 cm³/mol. The zero-order valence-electron chi connectivity index (χ0n) is 18.1. The van der Waals surface area contributed by atoms with Gasteiger partial charge >= 0.3 is 0 Å². The largest absolute Gasteiger partial charge is 0.379 e. The molecule has 1 atom stereocenters. The summed E-state index contributed by atoms with van der Waals surface area (Å²) in [7, 11) is 0. The van der Waals surface area contributed by atoms with Crippen molar-refractivity contribution >= 4 is 22.6 Å². The van der Waals surface area contributed by atoms with Gasteiger partial charge < -0.3 is 14.5 Å². The van der Waals surface area contributed by atoms with Crippen molar-refractivity contribution in [2.45, 2.75) is 26.3 Å². The minimum absolute atomic E-state index is 0.00918. The highest BCUT2D eigenvalue weighted by atomic mass is 19.1. The number of aromatic nitrogens is 5. The summed E-state index contributed by atoms with van der Waals surface area (Å²) in [6, 6.07) is 2.83. The number of fused-ring (bicyclic) bond motifs is 1. The summed E-state index contributed by atoms with van der Waals surface area (Å²) in [6.45, 7) is 6.47. The lowest BCUT2D eigenvalue weighted by molar-refractivity contribution is -0.132. The van der Waals surface area contributed by atoms with Crippen molar-refractivity contribution in [1.82, 2.24) is 29.9 Å². The van der Waals surface area contributed by atoms with Gasteiger partial charge in [-0.05, 0) is 26.0 Å². The first-order valence-corrected chi connectivity index (χ1v) is 10.6. The van der Waals surface area contributed by atoms with Crippen LogP contribution in [-0.4, -0.2) is 75.2 Å². The van der Waals surface area contributed by atoms with Crippen molar-refractivity contribution in [3.05, 3.63) is 46.4 Å². The molecule has 1 aliphatic rings. The maximum Gasteiger partial charge on any atom is 0.275 e. The van der Waals surface area contributed by atoms with Crippen LogP contribution in [0.3, 0.4) is 0 Å². The number of aromatic amines is 1. The number of hydrogen-bond acceptors (Lipinski definition) is 7. The standard InChI is InChI=1S/C21H26FN7O3/c1-14(29-17-12-24-25-21(31)19(17)15(2)26-29)13-32-11-5-18(30)27-7-9-28(10-8-27)20-16(22)4-3-6-23-20/h3-4,6,12,14H,5,7-11,13H2,1-2H3,(H,25,31). The van der Waals surface area contributed by atoms with E-state index in [1.807, 2.05) is 11.8 Å². The molecule has 4 rings (SSSR count). The molecule has 0 aromatic carbocycles. The number of carbonyl (C=O) groups excluding carboxylic acids is 1. The van der Waals surface area contributed by atoms with Crippen LogP contribution < -0.4 is 10.5 Å². The van der Waals surface area contributed by atoms with Crippen molar-refractivity contribution in [3.8, 4) is 0 Å². The van der Waals surface area contributed by atoms with E-state index in [-0.39, 0.29) is 36.4 Å². The number of nitrogens with one attached hydrogen (secondary N) is 1. The van der Waals surface area contributed by atoms with Crippen LogP contribution in [0.2, 0.25) is 0 Å². The Morgan fingerprint density at radius 3 is 2.84 bits per heavy atom. The number of piperazine rings is 1. The molecule has 0 spiro atoms. The van der Waals surface area contributed by atoms with Crippen LogP contribution in [0.25, 0.3) is 10.9 Å². The smallest absolute Gasteiger partial charge is 0.275 e. The Morgan fingerprint density at radius 2 is 2.09 bits per heavy atom. The van der Waals surface area contributed by atoms with Crippen LogP contribution in [0.1, 0.15) is 25.1 Å². The average molecular weight is 443 g/mol. The molecule has 0 saturated carbocycles. The number of pyridine rings is 1. The fraction of sp³-hybridized carbons (Fsp3) is 0.476. The van der Waals surface area contributed by atoms with E-state index in [1.165, 1.54) is 6.07 Å². The highest BCUT2D eigenvalue weighted by molar-refractivity contribution is 5.79. The second-order valence-corrected chi connectivity index (χ2v) is 7.84. The summed E-state index contributed by atoms with van der Waals surface area (Å²) < 4.78 is 21.4. The molecule has 4 heterocycles. The molecule has 1 fully saturated rings. The van der Waals surface area contributed by atoms with Gasteiger partial charge in [-0.15, -0.1) is 0 Å². The van der Waals surface area contributed by atoms with Crippen molar-refractivity contribution in [2.75, 3.05) is 44.3 Å². The van der Waals surface area contributed by atoms with Gasteiger partial charge in [0, 0.05) is 32.4 Å². The highest BCUT2D eigenvalue weighted by Crippen LogP contribution is 2.19. The summed E-state index contributed by atoms with van der Waals surface area (Å²) in [5, 5.41) is 11.2. The Hall–Kier alpha value is -3.34. The van der Waals surface area contributed by atoms with Crippen molar-refractivity contribution in [3.63, 3.8) is 0 Å². The first-order valence-electron chi connectivity index (χ1n) is 10.6. The molecule has 0 aliphatic carbocycles. The highest BCUT2D eigenvalue weighted by Gasteiger charge is 2.23. The Morgan fingerprint density at radius 1 is 1.31 bits per heavy atom. The van der Waals surface area contributed by atoms with E-state index in [2.05, 4.69) is 20.3 Å². The zero-order chi connectivity index (χ0) is 22.7. The molecule has 0 radical (unpaired) electrons. The number of H-pyrrole nitrogens is 1. The fourth-order valence-electron chi connectivity index (χ4n) is 3.93. The molecule has 1 N–H and O–H groups in total. The maximum absolute atomic E-state index is 13.9. The minimum atomic E-state index is -0.352. The second kappa shape index (κ2) is 9.43. The van der Waals surface area contributed by atoms with Crippen LogP contribution >= 0.6 is 0 Å². The number of halogens is 1. The van der Waals surface area contributed by atoms with Crippen LogP contribution in [0, 0.1) is 12.7 Å². The number of rotatable bonds is 7. The van der Waals surface area contributed by atoms with Gasteiger partial charge in [0.15, 0.2) is 11.6 Å². The number of amides is 1. The summed E-state index contributed by atoms with van der Waals surface area (Å²) in [6.07, 6.45) is 3.41. The number of ether oxygens (including phenoxy) is 1. The third kappa shape index (κ3) is 4.47.